The van der Waals surface area contributed by atoms with Gasteiger partial charge in [0.25, 0.3) is 5.56 Å². The van der Waals surface area contributed by atoms with Crippen LogP contribution in [-0.4, -0.2) is 30.6 Å². The second-order valence-electron chi connectivity index (χ2n) is 7.41. The van der Waals surface area contributed by atoms with Gasteiger partial charge in [-0.3, -0.25) is 9.59 Å². The molecule has 1 aliphatic heterocycles. The van der Waals surface area contributed by atoms with Crippen LogP contribution in [0, 0.1) is 0 Å². The molecular formula is C22H26N2O4. The van der Waals surface area contributed by atoms with Crippen molar-refractivity contribution in [2.24, 2.45) is 0 Å². The number of fused-ring (bicyclic) bond motifs is 2. The molecule has 4 rings (SSSR count). The number of aromatic nitrogens is 1. The summed E-state index contributed by atoms with van der Waals surface area (Å²) in [6.07, 6.45) is 8.79. The molecule has 0 spiro atoms. The number of pyridine rings is 1. The Hall–Kier alpha value is -2.76. The number of nitrogens with one attached hydrogen (secondary N) is 2. The third-order valence-electron chi connectivity index (χ3n) is 5.36. The highest BCUT2D eigenvalue weighted by atomic mass is 16.6. The van der Waals surface area contributed by atoms with E-state index in [1.807, 2.05) is 12.1 Å². The van der Waals surface area contributed by atoms with Crippen molar-refractivity contribution in [3.05, 3.63) is 45.8 Å². The number of benzene rings is 1. The molecule has 2 N–H and O–H groups in total. The Morgan fingerprint density at radius 2 is 1.89 bits per heavy atom. The first kappa shape index (κ1) is 18.6. The van der Waals surface area contributed by atoms with E-state index in [0.29, 0.717) is 55.2 Å². The minimum atomic E-state index is -0.163. The Morgan fingerprint density at radius 1 is 1.07 bits per heavy atom. The van der Waals surface area contributed by atoms with E-state index >= 15 is 0 Å². The summed E-state index contributed by atoms with van der Waals surface area (Å²) in [5, 5.41) is 3.85. The first-order chi connectivity index (χ1) is 13.7. The van der Waals surface area contributed by atoms with Gasteiger partial charge in [0.2, 0.25) is 5.91 Å². The fraction of sp³-hybridized carbons (Fsp3) is 0.455. The first-order valence-corrected chi connectivity index (χ1v) is 10.1. The minimum absolute atomic E-state index is 0.0157. The third-order valence-corrected chi connectivity index (χ3v) is 5.36. The maximum absolute atomic E-state index is 12.4. The Bertz CT molecular complexity index is 961. The molecule has 2 heterocycles. The maximum atomic E-state index is 12.4. The van der Waals surface area contributed by atoms with E-state index in [0.717, 1.165) is 24.6 Å². The molecule has 1 aromatic carbocycles. The van der Waals surface area contributed by atoms with Crippen LogP contribution in [0.25, 0.3) is 10.9 Å². The topological polar surface area (TPSA) is 80.4 Å². The summed E-state index contributed by atoms with van der Waals surface area (Å²) in [6, 6.07) is 5.51. The van der Waals surface area contributed by atoms with Crippen LogP contribution in [0.5, 0.6) is 11.5 Å². The van der Waals surface area contributed by atoms with Crippen LogP contribution in [-0.2, 0) is 11.2 Å². The Labute approximate surface area is 163 Å². The highest BCUT2D eigenvalue weighted by Crippen LogP contribution is 2.33. The van der Waals surface area contributed by atoms with E-state index in [-0.39, 0.29) is 11.5 Å². The lowest BCUT2D eigenvalue weighted by atomic mass is 9.97. The summed E-state index contributed by atoms with van der Waals surface area (Å²) in [7, 11) is 0. The zero-order valence-electron chi connectivity index (χ0n) is 16.0. The zero-order valence-corrected chi connectivity index (χ0v) is 16.0. The van der Waals surface area contributed by atoms with Crippen LogP contribution in [0.2, 0.25) is 0 Å². The van der Waals surface area contributed by atoms with Gasteiger partial charge in [-0.2, -0.15) is 0 Å². The van der Waals surface area contributed by atoms with Crippen molar-refractivity contribution in [1.82, 2.24) is 10.3 Å². The fourth-order valence-electron chi connectivity index (χ4n) is 3.80. The first-order valence-electron chi connectivity index (χ1n) is 10.1. The molecule has 1 aromatic heterocycles. The molecule has 2 aliphatic rings. The van der Waals surface area contributed by atoms with Crippen LogP contribution < -0.4 is 20.3 Å². The lowest BCUT2D eigenvalue weighted by Gasteiger charge is -2.18. The van der Waals surface area contributed by atoms with Gasteiger partial charge in [-0.15, -0.1) is 0 Å². The lowest BCUT2D eigenvalue weighted by molar-refractivity contribution is -0.121. The van der Waals surface area contributed by atoms with Gasteiger partial charge >= 0.3 is 0 Å². The number of hydrogen-bond acceptors (Lipinski definition) is 4. The van der Waals surface area contributed by atoms with E-state index in [4.69, 9.17) is 9.47 Å². The molecule has 0 saturated carbocycles. The van der Waals surface area contributed by atoms with Crippen molar-refractivity contribution in [3.8, 4) is 11.5 Å². The van der Waals surface area contributed by atoms with Crippen molar-refractivity contribution in [3.63, 3.8) is 0 Å². The van der Waals surface area contributed by atoms with E-state index in [9.17, 15) is 9.59 Å². The third kappa shape index (κ3) is 4.38. The van der Waals surface area contributed by atoms with Crippen molar-refractivity contribution in [1.29, 1.82) is 0 Å². The number of rotatable bonds is 6. The van der Waals surface area contributed by atoms with Crippen molar-refractivity contribution in [2.45, 2.75) is 44.9 Å². The van der Waals surface area contributed by atoms with Crippen LogP contribution in [0.3, 0.4) is 0 Å². The Kier molecular flexibility index (Phi) is 5.65. The number of aryl methyl sites for hydroxylation is 1. The van der Waals surface area contributed by atoms with Gasteiger partial charge in [-0.1, -0.05) is 11.6 Å². The highest BCUT2D eigenvalue weighted by Gasteiger charge is 2.14. The average molecular weight is 382 g/mol. The highest BCUT2D eigenvalue weighted by molar-refractivity contribution is 5.83. The number of hydrogen-bond donors (Lipinski definition) is 2. The summed E-state index contributed by atoms with van der Waals surface area (Å²) in [5.74, 6) is 1.32. The van der Waals surface area contributed by atoms with Gasteiger partial charge in [0.05, 0.1) is 5.52 Å². The number of amides is 1. The molecule has 0 saturated heterocycles. The molecule has 1 aliphatic carbocycles. The molecule has 6 heteroatoms. The van der Waals surface area contributed by atoms with E-state index in [2.05, 4.69) is 16.4 Å². The van der Waals surface area contributed by atoms with Gasteiger partial charge in [0.1, 0.15) is 13.2 Å². The second kappa shape index (κ2) is 8.50. The molecule has 0 radical (unpaired) electrons. The number of carbonyl (C=O) groups excluding carboxylic acids is 1. The van der Waals surface area contributed by atoms with E-state index in [1.54, 1.807) is 6.07 Å². The summed E-state index contributed by atoms with van der Waals surface area (Å²) < 4.78 is 11.2. The molecule has 0 atom stereocenters. The summed E-state index contributed by atoms with van der Waals surface area (Å²) in [4.78, 5) is 27.4. The van der Waals surface area contributed by atoms with Crippen molar-refractivity contribution >= 4 is 16.8 Å². The van der Waals surface area contributed by atoms with E-state index in [1.165, 1.54) is 18.4 Å². The molecule has 2 aromatic rings. The zero-order chi connectivity index (χ0) is 19.3. The molecular weight excluding hydrogens is 356 g/mol. The predicted octanol–water partition coefficient (Wildman–Crippen LogP) is 3.24. The second-order valence-corrected chi connectivity index (χ2v) is 7.41. The molecule has 0 bridgehead atoms. The van der Waals surface area contributed by atoms with Gasteiger partial charge < -0.3 is 19.8 Å². The SMILES string of the molecule is O=C(CCc1cc2cc3c(cc2[nH]c1=O)OCCO3)NCCC1=CCCCC1. The summed E-state index contributed by atoms with van der Waals surface area (Å²) in [6.45, 7) is 1.70. The van der Waals surface area contributed by atoms with Crippen LogP contribution in [0.1, 0.15) is 44.1 Å². The van der Waals surface area contributed by atoms with Crippen LogP contribution in [0.15, 0.2) is 34.6 Å². The van der Waals surface area contributed by atoms with Crippen LogP contribution >= 0.6 is 0 Å². The average Bonchev–Trinajstić information content (AvgIpc) is 2.71. The molecule has 0 fully saturated rings. The molecule has 28 heavy (non-hydrogen) atoms. The fourth-order valence-corrected chi connectivity index (χ4v) is 3.80. The Balaban J connectivity index is 1.36. The number of allylic oxidation sites excluding steroid dienone is 1. The Morgan fingerprint density at radius 3 is 2.68 bits per heavy atom. The molecule has 0 unspecified atom stereocenters. The summed E-state index contributed by atoms with van der Waals surface area (Å²) in [5.41, 5.74) is 2.61. The van der Waals surface area contributed by atoms with Gasteiger partial charge in [-0.25, -0.2) is 0 Å². The summed E-state index contributed by atoms with van der Waals surface area (Å²) >= 11 is 0. The van der Waals surface area contributed by atoms with Crippen molar-refractivity contribution < 1.29 is 14.3 Å². The molecule has 6 nitrogen and oxygen atoms in total. The van der Waals surface area contributed by atoms with E-state index < -0.39 is 0 Å². The minimum Gasteiger partial charge on any atom is -0.486 e. The number of aromatic amines is 1. The van der Waals surface area contributed by atoms with Gasteiger partial charge in [0, 0.05) is 30.0 Å². The largest absolute Gasteiger partial charge is 0.486 e. The number of H-pyrrole nitrogens is 1. The van der Waals surface area contributed by atoms with Gasteiger partial charge in [0.15, 0.2) is 11.5 Å². The molecule has 1 amide bonds. The predicted molar refractivity (Wildman–Crippen MR) is 108 cm³/mol. The smallest absolute Gasteiger partial charge is 0.251 e. The number of ether oxygens (including phenoxy) is 2. The maximum Gasteiger partial charge on any atom is 0.251 e. The molecule has 148 valence electrons. The van der Waals surface area contributed by atoms with Gasteiger partial charge in [-0.05, 0) is 50.7 Å². The van der Waals surface area contributed by atoms with Crippen LogP contribution in [0.4, 0.5) is 0 Å². The monoisotopic (exact) mass is 382 g/mol. The standard InChI is InChI=1S/C22H26N2O4/c25-21(23-9-8-15-4-2-1-3-5-15)7-6-16-12-17-13-19-20(28-11-10-27-19)14-18(17)24-22(16)26/h4,12-14H,1-3,5-11H2,(H,23,25)(H,24,26). The normalized spacial score (nSPS) is 15.9. The van der Waals surface area contributed by atoms with Crippen molar-refractivity contribution in [2.75, 3.05) is 19.8 Å². The lowest BCUT2D eigenvalue weighted by Crippen LogP contribution is -2.26. The quantitative estimate of drug-likeness (QED) is 0.752. The number of carbonyl (C=O) groups is 1.